The minimum Gasteiger partial charge on any atom is -0.481 e. The lowest BCUT2D eigenvalue weighted by Gasteiger charge is -2.28. The van der Waals surface area contributed by atoms with Gasteiger partial charge < -0.3 is 19.9 Å². The number of hydrogen-bond donors (Lipinski definition) is 2. The summed E-state index contributed by atoms with van der Waals surface area (Å²) in [6.07, 6.45) is 1.29. The molecule has 0 saturated carbocycles. The van der Waals surface area contributed by atoms with E-state index in [1.54, 1.807) is 0 Å². The molecule has 6 nitrogen and oxygen atoms in total. The summed E-state index contributed by atoms with van der Waals surface area (Å²) in [7, 11) is 0. The second kappa shape index (κ2) is 6.12. The number of carboxylic acid groups (broad SMARTS) is 1. The summed E-state index contributed by atoms with van der Waals surface area (Å²) in [5.41, 5.74) is 0. The van der Waals surface area contributed by atoms with E-state index in [0.717, 1.165) is 0 Å². The first kappa shape index (κ1) is 12.5. The van der Waals surface area contributed by atoms with Gasteiger partial charge in [0, 0.05) is 12.6 Å². The summed E-state index contributed by atoms with van der Waals surface area (Å²) in [5.74, 6) is -1.70. The van der Waals surface area contributed by atoms with Gasteiger partial charge >= 0.3 is 12.1 Å². The number of amides is 1. The Hall–Kier alpha value is -1.56. The Bertz CT molecular complexity index is 278. The lowest BCUT2D eigenvalue weighted by molar-refractivity contribution is -0.147. The fourth-order valence-electron chi connectivity index (χ4n) is 1.48. The first-order valence-electron chi connectivity index (χ1n) is 5.00. The summed E-state index contributed by atoms with van der Waals surface area (Å²) in [6.45, 7) is 4.06. The molecule has 1 amide bonds. The van der Waals surface area contributed by atoms with Crippen molar-refractivity contribution in [2.24, 2.45) is 5.92 Å². The molecule has 0 aromatic carbocycles. The molecule has 16 heavy (non-hydrogen) atoms. The number of hydrogen-bond acceptors (Lipinski definition) is 4. The van der Waals surface area contributed by atoms with Crippen molar-refractivity contribution >= 4 is 12.1 Å². The molecule has 0 aromatic rings. The number of alkyl carbamates (subject to hydrolysis) is 1. The van der Waals surface area contributed by atoms with Gasteiger partial charge in [-0.1, -0.05) is 12.7 Å². The fourth-order valence-corrected chi connectivity index (χ4v) is 1.48. The van der Waals surface area contributed by atoms with Crippen molar-refractivity contribution in [2.45, 2.75) is 12.5 Å². The average molecular weight is 229 g/mol. The molecule has 1 aliphatic heterocycles. The van der Waals surface area contributed by atoms with Gasteiger partial charge in [0.2, 0.25) is 0 Å². The third-order valence-electron chi connectivity index (χ3n) is 2.31. The maximum absolute atomic E-state index is 11.2. The van der Waals surface area contributed by atoms with Crippen LogP contribution in [-0.2, 0) is 14.3 Å². The van der Waals surface area contributed by atoms with Crippen molar-refractivity contribution in [2.75, 3.05) is 19.8 Å². The van der Waals surface area contributed by atoms with Crippen molar-refractivity contribution in [3.63, 3.8) is 0 Å². The Morgan fingerprint density at radius 3 is 3.00 bits per heavy atom. The van der Waals surface area contributed by atoms with Gasteiger partial charge in [-0.2, -0.15) is 0 Å². The van der Waals surface area contributed by atoms with Crippen LogP contribution in [0, 0.1) is 5.92 Å². The molecule has 1 saturated heterocycles. The maximum Gasteiger partial charge on any atom is 0.407 e. The minimum atomic E-state index is -0.978. The Labute approximate surface area is 93.2 Å². The van der Waals surface area contributed by atoms with E-state index in [9.17, 15) is 9.59 Å². The van der Waals surface area contributed by atoms with Gasteiger partial charge in [-0.15, -0.1) is 0 Å². The molecule has 0 aromatic heterocycles. The monoisotopic (exact) mass is 229 g/mol. The third-order valence-corrected chi connectivity index (χ3v) is 2.31. The van der Waals surface area contributed by atoms with Crippen molar-refractivity contribution in [3.05, 3.63) is 12.7 Å². The fraction of sp³-hybridized carbons (Fsp3) is 0.600. The van der Waals surface area contributed by atoms with Crippen molar-refractivity contribution < 1.29 is 24.2 Å². The molecule has 1 aliphatic rings. The Morgan fingerprint density at radius 2 is 2.38 bits per heavy atom. The van der Waals surface area contributed by atoms with E-state index in [1.807, 2.05) is 0 Å². The summed E-state index contributed by atoms with van der Waals surface area (Å²) < 4.78 is 9.77. The summed E-state index contributed by atoms with van der Waals surface area (Å²) in [4.78, 5) is 22.1. The smallest absolute Gasteiger partial charge is 0.407 e. The van der Waals surface area contributed by atoms with Crippen LogP contribution >= 0.6 is 0 Å². The molecule has 0 radical (unpaired) electrons. The standard InChI is InChI=1S/C10H15NO5/c1-2-4-16-10(14)11-8-3-5-15-6-7(8)9(12)13/h2,7-8H,1,3-6H2,(H,11,14)(H,12,13)/t7-,8+/m1/s1. The summed E-state index contributed by atoms with van der Waals surface area (Å²) in [5, 5.41) is 11.4. The molecule has 6 heteroatoms. The lowest BCUT2D eigenvalue weighted by Crippen LogP contribution is -2.48. The third kappa shape index (κ3) is 3.54. The van der Waals surface area contributed by atoms with Crippen LogP contribution in [0.5, 0.6) is 0 Å². The molecule has 0 unspecified atom stereocenters. The second-order valence-corrected chi connectivity index (χ2v) is 3.45. The normalized spacial score (nSPS) is 24.5. The topological polar surface area (TPSA) is 84.9 Å². The zero-order valence-corrected chi connectivity index (χ0v) is 8.85. The number of ether oxygens (including phenoxy) is 2. The van der Waals surface area contributed by atoms with Gasteiger partial charge in [0.15, 0.2) is 0 Å². The molecule has 1 heterocycles. The van der Waals surface area contributed by atoms with Crippen molar-refractivity contribution in [1.82, 2.24) is 5.32 Å². The van der Waals surface area contributed by atoms with Gasteiger partial charge in [-0.05, 0) is 6.42 Å². The Morgan fingerprint density at radius 1 is 1.62 bits per heavy atom. The van der Waals surface area contributed by atoms with Crippen LogP contribution in [0.1, 0.15) is 6.42 Å². The van der Waals surface area contributed by atoms with Gasteiger partial charge in [0.1, 0.15) is 12.5 Å². The molecular formula is C10H15NO5. The van der Waals surface area contributed by atoms with Crippen LogP contribution in [0.25, 0.3) is 0 Å². The molecule has 90 valence electrons. The van der Waals surface area contributed by atoms with Crippen LogP contribution < -0.4 is 5.32 Å². The van der Waals surface area contributed by atoms with Gasteiger partial charge in [0.25, 0.3) is 0 Å². The Balaban J connectivity index is 2.46. The van der Waals surface area contributed by atoms with Crippen molar-refractivity contribution in [3.8, 4) is 0 Å². The summed E-state index contributed by atoms with van der Waals surface area (Å²) in [6, 6.07) is -0.441. The Kier molecular flexibility index (Phi) is 4.78. The number of carboxylic acids is 1. The van der Waals surface area contributed by atoms with Crippen molar-refractivity contribution in [1.29, 1.82) is 0 Å². The van der Waals surface area contributed by atoms with E-state index in [4.69, 9.17) is 14.6 Å². The quantitative estimate of drug-likeness (QED) is 0.681. The molecule has 1 rings (SSSR count). The molecule has 0 spiro atoms. The summed E-state index contributed by atoms with van der Waals surface area (Å²) >= 11 is 0. The molecule has 2 N–H and O–H groups in total. The molecular weight excluding hydrogens is 214 g/mol. The highest BCUT2D eigenvalue weighted by Crippen LogP contribution is 2.15. The number of rotatable bonds is 4. The largest absolute Gasteiger partial charge is 0.481 e. The molecule has 2 atom stereocenters. The number of nitrogens with one attached hydrogen (secondary N) is 1. The zero-order valence-electron chi connectivity index (χ0n) is 8.85. The van der Waals surface area contributed by atoms with E-state index in [2.05, 4.69) is 11.9 Å². The van der Waals surface area contributed by atoms with E-state index in [-0.39, 0.29) is 13.2 Å². The van der Waals surface area contributed by atoms with Gasteiger partial charge in [0.05, 0.1) is 6.61 Å². The van der Waals surface area contributed by atoms with Crippen LogP contribution in [-0.4, -0.2) is 43.0 Å². The van der Waals surface area contributed by atoms with Gasteiger partial charge in [-0.25, -0.2) is 4.79 Å². The number of carbonyl (C=O) groups is 2. The average Bonchev–Trinajstić information content (AvgIpc) is 2.27. The maximum atomic E-state index is 11.2. The van der Waals surface area contributed by atoms with Crippen LogP contribution in [0.15, 0.2) is 12.7 Å². The predicted molar refractivity (Wildman–Crippen MR) is 55.0 cm³/mol. The molecule has 1 fully saturated rings. The SMILES string of the molecule is C=CCOC(=O)N[C@H]1CCOC[C@H]1C(=O)O. The van der Waals surface area contributed by atoms with E-state index >= 15 is 0 Å². The number of carbonyl (C=O) groups excluding carboxylic acids is 1. The highest BCUT2D eigenvalue weighted by Gasteiger charge is 2.32. The zero-order chi connectivity index (χ0) is 12.0. The van der Waals surface area contributed by atoms with Gasteiger partial charge in [-0.3, -0.25) is 4.79 Å². The molecule has 0 aliphatic carbocycles. The number of aliphatic carboxylic acids is 1. The van der Waals surface area contributed by atoms with E-state index in [1.165, 1.54) is 6.08 Å². The van der Waals surface area contributed by atoms with E-state index < -0.39 is 24.0 Å². The lowest BCUT2D eigenvalue weighted by atomic mass is 9.96. The first-order chi connectivity index (χ1) is 7.65. The molecule has 0 bridgehead atoms. The van der Waals surface area contributed by atoms with Crippen LogP contribution in [0.4, 0.5) is 4.79 Å². The predicted octanol–water partition coefficient (Wildman–Crippen LogP) is 0.388. The second-order valence-electron chi connectivity index (χ2n) is 3.45. The minimum absolute atomic E-state index is 0.104. The first-order valence-corrected chi connectivity index (χ1v) is 5.00. The van der Waals surface area contributed by atoms with Crippen LogP contribution in [0.2, 0.25) is 0 Å². The highest BCUT2D eigenvalue weighted by atomic mass is 16.5. The van der Waals surface area contributed by atoms with E-state index in [0.29, 0.717) is 13.0 Å². The highest BCUT2D eigenvalue weighted by molar-refractivity contribution is 5.73. The van der Waals surface area contributed by atoms with Crippen LogP contribution in [0.3, 0.4) is 0 Å².